The number of carboxylic acids is 2. The summed E-state index contributed by atoms with van der Waals surface area (Å²) < 4.78 is 0. The van der Waals surface area contributed by atoms with Crippen LogP contribution in [0.3, 0.4) is 0 Å². The number of hydrogen-bond donors (Lipinski definition) is 6. The van der Waals surface area contributed by atoms with Crippen LogP contribution in [0.5, 0.6) is 0 Å². The maximum atomic E-state index is 13.3. The summed E-state index contributed by atoms with van der Waals surface area (Å²) in [4.78, 5) is 89.6. The second-order valence-electron chi connectivity index (χ2n) is 13.7. The van der Waals surface area contributed by atoms with Crippen molar-refractivity contribution in [3.05, 3.63) is 35.9 Å². The minimum Gasteiger partial charge on any atom is -0.481 e. The Morgan fingerprint density at radius 2 is 1.31 bits per heavy atom. The van der Waals surface area contributed by atoms with Crippen LogP contribution < -0.4 is 21.3 Å². The lowest BCUT2D eigenvalue weighted by atomic mass is 10.0. The fourth-order valence-electron chi connectivity index (χ4n) is 6.25. The summed E-state index contributed by atoms with van der Waals surface area (Å²) in [7, 11) is 0. The topological polar surface area (TPSA) is 211 Å². The predicted octanol–water partition coefficient (Wildman–Crippen LogP) is 3.46. The highest BCUT2D eigenvalue weighted by atomic mass is 16.4. The molecule has 6 N–H and O–H groups in total. The fourth-order valence-corrected chi connectivity index (χ4v) is 6.25. The van der Waals surface area contributed by atoms with Gasteiger partial charge in [-0.05, 0) is 38.7 Å². The number of carbonyl (C=O) groups excluding carboxylic acids is 5. The molecular weight excluding hydrogens is 670 g/mol. The minimum atomic E-state index is -1.40. The molecule has 52 heavy (non-hydrogen) atoms. The van der Waals surface area contributed by atoms with Gasteiger partial charge < -0.3 is 36.4 Å². The number of benzene rings is 1. The maximum absolute atomic E-state index is 13.3. The van der Waals surface area contributed by atoms with Crippen molar-refractivity contribution in [2.75, 3.05) is 6.54 Å². The summed E-state index contributed by atoms with van der Waals surface area (Å²) in [5.41, 5.74) is 0.725. The first-order valence-corrected chi connectivity index (χ1v) is 18.8. The van der Waals surface area contributed by atoms with E-state index in [0.29, 0.717) is 19.3 Å². The number of hydrogen-bond acceptors (Lipinski definition) is 7. The van der Waals surface area contributed by atoms with E-state index in [9.17, 15) is 43.8 Å². The molecule has 0 saturated carbocycles. The Bertz CT molecular complexity index is 1320. The zero-order valence-electron chi connectivity index (χ0n) is 31.0. The van der Waals surface area contributed by atoms with E-state index in [4.69, 9.17) is 0 Å². The smallest absolute Gasteiger partial charge is 0.326 e. The standard InChI is InChI=1S/C38H59N5O9/c1-4-5-6-7-8-9-10-11-12-13-17-22-32(44)41-29(25-33(45)46)35(48)39-26(2)34(47)40-27(3)37(50)43-23-18-21-31(43)36(49)42-30(38(51)52)24-28-19-15-14-16-20-28/h14-16,19-20,26-27,29-31H,4-13,17-18,21-25H2,1-3H3,(H,39,48)(H,40,47)(H,41,44)(H,42,49)(H,45,46)(H,51,52)/t26-,27-,29-,30-,31-/m0/s1. The molecule has 14 nitrogen and oxygen atoms in total. The molecule has 5 atom stereocenters. The van der Waals surface area contributed by atoms with Gasteiger partial charge in [0.05, 0.1) is 6.42 Å². The van der Waals surface area contributed by atoms with E-state index < -0.39 is 78.1 Å². The molecule has 1 aromatic carbocycles. The van der Waals surface area contributed by atoms with Gasteiger partial charge in [-0.3, -0.25) is 28.8 Å². The molecule has 0 aromatic heterocycles. The van der Waals surface area contributed by atoms with Crippen LogP contribution >= 0.6 is 0 Å². The zero-order valence-corrected chi connectivity index (χ0v) is 31.0. The van der Waals surface area contributed by atoms with Crippen molar-refractivity contribution in [1.82, 2.24) is 26.2 Å². The third kappa shape index (κ3) is 16.2. The molecule has 1 aliphatic rings. The largest absolute Gasteiger partial charge is 0.481 e. The molecule has 14 heteroatoms. The van der Waals surface area contributed by atoms with Crippen LogP contribution in [-0.2, 0) is 40.0 Å². The Morgan fingerprint density at radius 3 is 1.88 bits per heavy atom. The third-order valence-electron chi connectivity index (χ3n) is 9.25. The van der Waals surface area contributed by atoms with Crippen molar-refractivity contribution in [2.24, 2.45) is 0 Å². The highest BCUT2D eigenvalue weighted by molar-refractivity contribution is 5.96. The highest BCUT2D eigenvalue weighted by Crippen LogP contribution is 2.19. The van der Waals surface area contributed by atoms with Gasteiger partial charge in [-0.2, -0.15) is 0 Å². The predicted molar refractivity (Wildman–Crippen MR) is 195 cm³/mol. The Morgan fingerprint density at radius 1 is 0.731 bits per heavy atom. The van der Waals surface area contributed by atoms with Crippen molar-refractivity contribution in [1.29, 1.82) is 0 Å². The summed E-state index contributed by atoms with van der Waals surface area (Å²) in [6, 6.07) is 3.04. The van der Waals surface area contributed by atoms with E-state index in [2.05, 4.69) is 28.2 Å². The van der Waals surface area contributed by atoms with Gasteiger partial charge in [-0.1, -0.05) is 101 Å². The quantitative estimate of drug-likeness (QED) is 0.0813. The first-order chi connectivity index (χ1) is 24.8. The number of aliphatic carboxylic acids is 2. The summed E-state index contributed by atoms with van der Waals surface area (Å²) in [6.45, 7) is 5.22. The molecule has 5 amide bonds. The van der Waals surface area contributed by atoms with Gasteiger partial charge in [0.25, 0.3) is 0 Å². The van der Waals surface area contributed by atoms with E-state index in [1.807, 2.05) is 0 Å². The van der Waals surface area contributed by atoms with Gasteiger partial charge in [0, 0.05) is 19.4 Å². The van der Waals surface area contributed by atoms with Crippen LogP contribution in [0.2, 0.25) is 0 Å². The Balaban J connectivity index is 1.82. The maximum Gasteiger partial charge on any atom is 0.326 e. The molecule has 0 bridgehead atoms. The lowest BCUT2D eigenvalue weighted by Gasteiger charge is -2.28. The molecule has 1 aromatic rings. The molecule has 290 valence electrons. The van der Waals surface area contributed by atoms with Gasteiger partial charge in [-0.15, -0.1) is 0 Å². The minimum absolute atomic E-state index is 0.0645. The van der Waals surface area contributed by atoms with E-state index in [1.165, 1.54) is 63.7 Å². The molecule has 0 aliphatic carbocycles. The van der Waals surface area contributed by atoms with E-state index in [0.717, 1.165) is 24.8 Å². The number of nitrogens with zero attached hydrogens (tertiary/aromatic N) is 1. The summed E-state index contributed by atoms with van der Waals surface area (Å²) in [5.74, 6) is -5.71. The summed E-state index contributed by atoms with van der Waals surface area (Å²) in [6.07, 6.45) is 12.6. The van der Waals surface area contributed by atoms with Gasteiger partial charge in [-0.25, -0.2) is 4.79 Å². The zero-order chi connectivity index (χ0) is 38.5. The second-order valence-corrected chi connectivity index (χ2v) is 13.7. The third-order valence-corrected chi connectivity index (χ3v) is 9.25. The second kappa shape index (κ2) is 23.9. The number of carbonyl (C=O) groups is 7. The van der Waals surface area contributed by atoms with E-state index in [-0.39, 0.29) is 19.4 Å². The van der Waals surface area contributed by atoms with Crippen LogP contribution in [0.1, 0.15) is 123 Å². The summed E-state index contributed by atoms with van der Waals surface area (Å²) >= 11 is 0. The molecule has 1 fully saturated rings. The SMILES string of the molecule is CCCCCCCCCCCCCC(=O)N[C@@H](CC(=O)O)C(=O)N[C@@H](C)C(=O)N[C@@H](C)C(=O)N1CCC[C@H]1C(=O)N[C@@H](Cc1ccccc1)C(=O)O. The number of likely N-dealkylation sites (tertiary alicyclic amines) is 1. The van der Waals surface area contributed by atoms with Gasteiger partial charge in [0.1, 0.15) is 30.2 Å². The van der Waals surface area contributed by atoms with Crippen LogP contribution in [0.4, 0.5) is 0 Å². The van der Waals surface area contributed by atoms with E-state index >= 15 is 0 Å². The number of carboxylic acid groups (broad SMARTS) is 2. The Hall–Kier alpha value is -4.49. The lowest BCUT2D eigenvalue weighted by molar-refractivity contribution is -0.145. The van der Waals surface area contributed by atoms with E-state index in [1.54, 1.807) is 30.3 Å². The van der Waals surface area contributed by atoms with Crippen LogP contribution in [0.15, 0.2) is 30.3 Å². The van der Waals surface area contributed by atoms with Crippen molar-refractivity contribution < 1.29 is 43.8 Å². The molecule has 0 spiro atoms. The average molecular weight is 730 g/mol. The van der Waals surface area contributed by atoms with Crippen LogP contribution in [0, 0.1) is 0 Å². The van der Waals surface area contributed by atoms with Crippen molar-refractivity contribution in [2.45, 2.75) is 154 Å². The molecule has 0 unspecified atom stereocenters. The summed E-state index contributed by atoms with van der Waals surface area (Å²) in [5, 5.41) is 29.0. The number of unbranched alkanes of at least 4 members (excludes halogenated alkanes) is 10. The Labute approximate surface area is 307 Å². The molecule has 1 aliphatic heterocycles. The van der Waals surface area contributed by atoms with Crippen LogP contribution in [0.25, 0.3) is 0 Å². The van der Waals surface area contributed by atoms with Crippen molar-refractivity contribution in [3.8, 4) is 0 Å². The first kappa shape index (κ1) is 43.7. The molecule has 1 heterocycles. The molecule has 0 radical (unpaired) electrons. The highest BCUT2D eigenvalue weighted by Gasteiger charge is 2.38. The average Bonchev–Trinajstić information content (AvgIpc) is 3.60. The molecule has 1 saturated heterocycles. The Kier molecular flexibility index (Phi) is 20.1. The van der Waals surface area contributed by atoms with Crippen molar-refractivity contribution >= 4 is 41.5 Å². The van der Waals surface area contributed by atoms with Crippen molar-refractivity contribution in [3.63, 3.8) is 0 Å². The van der Waals surface area contributed by atoms with Crippen LogP contribution in [-0.4, -0.2) is 93.3 Å². The molecule has 2 rings (SSSR count). The number of rotatable bonds is 25. The lowest BCUT2D eigenvalue weighted by Crippen LogP contribution is -2.57. The fraction of sp³-hybridized carbons (Fsp3) is 0.658. The normalized spacial score (nSPS) is 16.2. The van der Waals surface area contributed by atoms with Gasteiger partial charge in [0.2, 0.25) is 29.5 Å². The number of amides is 5. The van der Waals surface area contributed by atoms with Gasteiger partial charge in [0.15, 0.2) is 0 Å². The number of nitrogens with one attached hydrogen (secondary N) is 4. The first-order valence-electron chi connectivity index (χ1n) is 18.8. The molecular formula is C38H59N5O9. The monoisotopic (exact) mass is 729 g/mol. The van der Waals surface area contributed by atoms with Gasteiger partial charge >= 0.3 is 11.9 Å².